The lowest BCUT2D eigenvalue weighted by atomic mass is 10.1. The molecule has 5 nitrogen and oxygen atoms in total. The number of nitrogens with zero attached hydrogens (tertiary/aromatic N) is 3. The van der Waals surface area contributed by atoms with Gasteiger partial charge in [0.15, 0.2) is 11.0 Å². The Balaban J connectivity index is 1.73. The summed E-state index contributed by atoms with van der Waals surface area (Å²) in [5.74, 6) is -0.164. The zero-order chi connectivity index (χ0) is 19.7. The van der Waals surface area contributed by atoms with Crippen molar-refractivity contribution < 1.29 is 9.18 Å². The Kier molecular flexibility index (Phi) is 5.06. The molecule has 2 aromatic heterocycles. The molecule has 1 N–H and O–H groups in total. The predicted octanol–water partition coefficient (Wildman–Crippen LogP) is 5.36. The van der Waals surface area contributed by atoms with Crippen molar-refractivity contribution in [3.05, 3.63) is 76.8 Å². The molecule has 1 amide bonds. The highest BCUT2D eigenvalue weighted by Crippen LogP contribution is 2.38. The number of aryl methyl sites for hydroxylation is 1. The Morgan fingerprint density at radius 1 is 1.21 bits per heavy atom. The molecular formula is C20H14BrFN4OS. The van der Waals surface area contributed by atoms with Gasteiger partial charge in [0, 0.05) is 35.0 Å². The average molecular weight is 457 g/mol. The van der Waals surface area contributed by atoms with Gasteiger partial charge in [0.25, 0.3) is 5.91 Å². The summed E-state index contributed by atoms with van der Waals surface area (Å²) in [7, 11) is 1.90. The number of anilines is 1. The van der Waals surface area contributed by atoms with Crippen molar-refractivity contribution in [2.24, 2.45) is 7.05 Å². The van der Waals surface area contributed by atoms with E-state index in [-0.39, 0.29) is 5.56 Å². The van der Waals surface area contributed by atoms with Gasteiger partial charge >= 0.3 is 0 Å². The van der Waals surface area contributed by atoms with Crippen LogP contribution in [0.5, 0.6) is 0 Å². The molecule has 28 heavy (non-hydrogen) atoms. The third kappa shape index (κ3) is 3.74. The summed E-state index contributed by atoms with van der Waals surface area (Å²) >= 11 is 4.53. The standard InChI is InChI=1S/C20H14BrFN4OS/c1-26-8-7-23-18(26)17-16(12-5-3-2-4-6-12)24-20(28-17)25-19(27)13-9-14(21)11-15(22)10-13/h2-11H,1H3,(H,24,25,27). The molecule has 0 spiro atoms. The van der Waals surface area contributed by atoms with Crippen LogP contribution in [-0.4, -0.2) is 20.4 Å². The molecule has 0 aliphatic heterocycles. The Hall–Kier alpha value is -2.84. The van der Waals surface area contributed by atoms with Crippen LogP contribution in [0.4, 0.5) is 9.52 Å². The van der Waals surface area contributed by atoms with Crippen LogP contribution in [0, 0.1) is 5.82 Å². The number of nitrogens with one attached hydrogen (secondary N) is 1. The lowest BCUT2D eigenvalue weighted by Crippen LogP contribution is -2.12. The van der Waals surface area contributed by atoms with E-state index in [1.54, 1.807) is 12.3 Å². The number of hydrogen-bond acceptors (Lipinski definition) is 4. The first-order valence-corrected chi connectivity index (χ1v) is 9.93. The fourth-order valence-electron chi connectivity index (χ4n) is 2.76. The van der Waals surface area contributed by atoms with E-state index in [9.17, 15) is 9.18 Å². The van der Waals surface area contributed by atoms with E-state index >= 15 is 0 Å². The predicted molar refractivity (Wildman–Crippen MR) is 112 cm³/mol. The summed E-state index contributed by atoms with van der Waals surface area (Å²) < 4.78 is 16.0. The number of benzene rings is 2. The summed E-state index contributed by atoms with van der Waals surface area (Å²) in [4.78, 5) is 22.4. The molecule has 4 rings (SSSR count). The second-order valence-electron chi connectivity index (χ2n) is 6.04. The van der Waals surface area contributed by atoms with Crippen LogP contribution in [0.15, 0.2) is 65.4 Å². The Morgan fingerprint density at radius 3 is 2.68 bits per heavy atom. The zero-order valence-electron chi connectivity index (χ0n) is 14.7. The second-order valence-corrected chi connectivity index (χ2v) is 7.95. The van der Waals surface area contributed by atoms with Gasteiger partial charge in [-0.05, 0) is 18.2 Å². The number of amides is 1. The van der Waals surface area contributed by atoms with Gasteiger partial charge in [0.2, 0.25) is 0 Å². The summed E-state index contributed by atoms with van der Waals surface area (Å²) in [5, 5.41) is 3.19. The fourth-order valence-corrected chi connectivity index (χ4v) is 4.24. The number of halogens is 2. The van der Waals surface area contributed by atoms with Crippen LogP contribution in [0.1, 0.15) is 10.4 Å². The van der Waals surface area contributed by atoms with Gasteiger partial charge in [-0.15, -0.1) is 0 Å². The molecule has 0 atom stereocenters. The van der Waals surface area contributed by atoms with Crippen molar-refractivity contribution in [1.29, 1.82) is 0 Å². The molecule has 2 heterocycles. The van der Waals surface area contributed by atoms with Crippen molar-refractivity contribution in [3.63, 3.8) is 0 Å². The molecular weight excluding hydrogens is 443 g/mol. The maximum atomic E-state index is 13.6. The Bertz CT molecular complexity index is 1140. The van der Waals surface area contributed by atoms with E-state index in [1.807, 2.05) is 48.1 Å². The highest BCUT2D eigenvalue weighted by atomic mass is 79.9. The second kappa shape index (κ2) is 7.65. The molecule has 140 valence electrons. The molecule has 0 radical (unpaired) electrons. The monoisotopic (exact) mass is 456 g/mol. The minimum absolute atomic E-state index is 0.210. The highest BCUT2D eigenvalue weighted by molar-refractivity contribution is 9.10. The topological polar surface area (TPSA) is 59.8 Å². The maximum Gasteiger partial charge on any atom is 0.257 e. The maximum absolute atomic E-state index is 13.6. The highest BCUT2D eigenvalue weighted by Gasteiger charge is 2.19. The van der Waals surface area contributed by atoms with Crippen LogP contribution in [-0.2, 0) is 7.05 Å². The summed E-state index contributed by atoms with van der Waals surface area (Å²) in [6.07, 6.45) is 3.57. The normalized spacial score (nSPS) is 10.8. The van der Waals surface area contributed by atoms with Crippen LogP contribution in [0.3, 0.4) is 0 Å². The third-order valence-corrected chi connectivity index (χ3v) is 5.47. The van der Waals surface area contributed by atoms with Crippen LogP contribution in [0.2, 0.25) is 0 Å². The fraction of sp³-hybridized carbons (Fsp3) is 0.0500. The smallest absolute Gasteiger partial charge is 0.257 e. The SMILES string of the molecule is Cn1ccnc1-c1sc(NC(=O)c2cc(F)cc(Br)c2)nc1-c1ccccc1. The van der Waals surface area contributed by atoms with Crippen LogP contribution in [0.25, 0.3) is 22.0 Å². The van der Waals surface area contributed by atoms with Gasteiger partial charge in [0.1, 0.15) is 5.82 Å². The number of aromatic nitrogens is 3. The molecule has 8 heteroatoms. The van der Waals surface area contributed by atoms with Crippen LogP contribution < -0.4 is 5.32 Å². The van der Waals surface area contributed by atoms with E-state index in [0.717, 1.165) is 22.0 Å². The summed E-state index contributed by atoms with van der Waals surface area (Å²) in [6.45, 7) is 0. The number of hydrogen-bond donors (Lipinski definition) is 1. The molecule has 0 aliphatic rings. The molecule has 0 saturated carbocycles. The van der Waals surface area contributed by atoms with E-state index in [1.165, 1.54) is 23.5 Å². The van der Waals surface area contributed by atoms with E-state index in [0.29, 0.717) is 9.60 Å². The van der Waals surface area contributed by atoms with Crippen molar-refractivity contribution in [3.8, 4) is 22.0 Å². The number of imidazole rings is 1. The Morgan fingerprint density at radius 2 is 2.00 bits per heavy atom. The largest absolute Gasteiger partial charge is 0.333 e. The number of rotatable bonds is 4. The van der Waals surface area contributed by atoms with E-state index < -0.39 is 11.7 Å². The van der Waals surface area contributed by atoms with E-state index in [4.69, 9.17) is 0 Å². The minimum Gasteiger partial charge on any atom is -0.333 e. The van der Waals surface area contributed by atoms with Gasteiger partial charge in [-0.25, -0.2) is 14.4 Å². The molecule has 0 saturated heterocycles. The van der Waals surface area contributed by atoms with Gasteiger partial charge in [-0.1, -0.05) is 57.6 Å². The number of carbonyl (C=O) groups excluding carboxylic acids is 1. The molecule has 0 fully saturated rings. The lowest BCUT2D eigenvalue weighted by Gasteiger charge is -2.03. The molecule has 0 aliphatic carbocycles. The minimum atomic E-state index is -0.489. The lowest BCUT2D eigenvalue weighted by molar-refractivity contribution is 0.102. The zero-order valence-corrected chi connectivity index (χ0v) is 17.1. The number of carbonyl (C=O) groups is 1. The average Bonchev–Trinajstić information content (AvgIpc) is 3.27. The molecule has 4 aromatic rings. The van der Waals surface area contributed by atoms with Gasteiger partial charge in [0.05, 0.1) is 10.6 Å². The molecule has 0 unspecified atom stereocenters. The number of thiazole rings is 1. The van der Waals surface area contributed by atoms with Crippen LogP contribution >= 0.6 is 27.3 Å². The van der Waals surface area contributed by atoms with Crippen molar-refractivity contribution >= 4 is 38.3 Å². The first kappa shape index (κ1) is 18.5. The van der Waals surface area contributed by atoms with Gasteiger partial charge in [-0.2, -0.15) is 0 Å². The van der Waals surface area contributed by atoms with Crippen molar-refractivity contribution in [2.75, 3.05) is 5.32 Å². The third-order valence-electron chi connectivity index (χ3n) is 4.04. The van der Waals surface area contributed by atoms with Gasteiger partial charge in [-0.3, -0.25) is 10.1 Å². The van der Waals surface area contributed by atoms with Crippen molar-refractivity contribution in [2.45, 2.75) is 0 Å². The van der Waals surface area contributed by atoms with Gasteiger partial charge < -0.3 is 4.57 Å². The molecule has 2 aromatic carbocycles. The van der Waals surface area contributed by atoms with Crippen molar-refractivity contribution in [1.82, 2.24) is 14.5 Å². The quantitative estimate of drug-likeness (QED) is 0.449. The Labute approximate surface area is 173 Å². The first-order valence-electron chi connectivity index (χ1n) is 8.32. The molecule has 0 bridgehead atoms. The summed E-state index contributed by atoms with van der Waals surface area (Å²) in [6, 6.07) is 13.7. The van der Waals surface area contributed by atoms with E-state index in [2.05, 4.69) is 31.2 Å². The summed E-state index contributed by atoms with van der Waals surface area (Å²) in [5.41, 5.74) is 1.86. The first-order chi connectivity index (χ1) is 13.5.